The van der Waals surface area contributed by atoms with Crippen LogP contribution < -0.4 is 15.8 Å². The van der Waals surface area contributed by atoms with Crippen LogP contribution in [0.15, 0.2) is 66.1 Å². The number of hydrogen-bond acceptors (Lipinski definition) is 8. The van der Waals surface area contributed by atoms with Crippen LogP contribution in [0.3, 0.4) is 0 Å². The van der Waals surface area contributed by atoms with Crippen molar-refractivity contribution in [3.05, 3.63) is 77.4 Å². The number of aromatic nitrogens is 5. The van der Waals surface area contributed by atoms with E-state index in [0.29, 0.717) is 28.5 Å². The van der Waals surface area contributed by atoms with E-state index in [0.717, 1.165) is 30.6 Å². The van der Waals surface area contributed by atoms with E-state index in [1.807, 2.05) is 12.1 Å². The average Bonchev–Trinajstić information content (AvgIpc) is 3.19. The minimum atomic E-state index is -1.14. The molecule has 3 aromatic heterocycles. The summed E-state index contributed by atoms with van der Waals surface area (Å²) in [7, 11) is 2.23. The van der Waals surface area contributed by atoms with Crippen LogP contribution in [0.2, 0.25) is 0 Å². The number of hydrogen-bond donors (Lipinski definition) is 2. The third-order valence-corrected chi connectivity index (χ3v) is 7.81. The molecule has 0 amide bonds. The lowest BCUT2D eigenvalue weighted by Crippen LogP contribution is -2.51. The van der Waals surface area contributed by atoms with Crippen molar-refractivity contribution in [2.24, 2.45) is 11.8 Å². The van der Waals surface area contributed by atoms with Gasteiger partial charge in [0.25, 0.3) is 5.56 Å². The van der Waals surface area contributed by atoms with Gasteiger partial charge in [-0.2, -0.15) is 4.98 Å². The molecule has 2 bridgehead atoms. The van der Waals surface area contributed by atoms with Gasteiger partial charge in [-0.25, -0.2) is 19.3 Å². The normalized spacial score (nSPS) is 19.6. The first kappa shape index (κ1) is 26.2. The molecule has 0 saturated carbocycles. The third-order valence-electron chi connectivity index (χ3n) is 7.81. The number of aliphatic hydroxyl groups is 1. The Morgan fingerprint density at radius 3 is 2.48 bits per heavy atom. The van der Waals surface area contributed by atoms with Gasteiger partial charge in [-0.3, -0.25) is 4.79 Å². The first-order valence-corrected chi connectivity index (χ1v) is 13.8. The molecule has 2 fully saturated rings. The first-order chi connectivity index (χ1) is 19.2. The van der Waals surface area contributed by atoms with Crippen molar-refractivity contribution >= 4 is 28.4 Å². The molecule has 0 radical (unpaired) electrons. The standard InChI is InChI=1S/C30H36N8O2/c1-5-13-37-28(39)24-15-31-29(34-27(24)38(37)26-8-6-7-25(33-26)30(2,3)40)32-22-9-11-23(12-10-22)36-18-20-14-21(19-36)17-35(4)16-20/h5-12,15,20-21,40H,1,13-14,16-19H2,2-4H3,(H,31,32,34). The fraction of sp³-hybridized carbons (Fsp3) is 0.400. The Morgan fingerprint density at radius 2 is 1.80 bits per heavy atom. The predicted molar refractivity (Wildman–Crippen MR) is 157 cm³/mol. The van der Waals surface area contributed by atoms with E-state index >= 15 is 0 Å². The number of pyridine rings is 1. The summed E-state index contributed by atoms with van der Waals surface area (Å²) >= 11 is 0. The monoisotopic (exact) mass is 540 g/mol. The second kappa shape index (κ2) is 10.2. The molecular formula is C30H36N8O2. The fourth-order valence-electron chi connectivity index (χ4n) is 6.13. The molecule has 40 heavy (non-hydrogen) atoms. The Morgan fingerprint density at radius 1 is 1.07 bits per heavy atom. The van der Waals surface area contributed by atoms with Crippen molar-refractivity contribution in [3.8, 4) is 5.82 Å². The van der Waals surface area contributed by atoms with E-state index in [9.17, 15) is 9.90 Å². The van der Waals surface area contributed by atoms with Crippen LogP contribution >= 0.6 is 0 Å². The second-order valence-electron chi connectivity index (χ2n) is 11.6. The molecule has 2 aliphatic heterocycles. The van der Waals surface area contributed by atoms with Crippen molar-refractivity contribution in [2.45, 2.75) is 32.4 Å². The van der Waals surface area contributed by atoms with E-state index in [-0.39, 0.29) is 12.1 Å². The molecule has 10 heteroatoms. The first-order valence-electron chi connectivity index (χ1n) is 13.8. The molecule has 2 aliphatic rings. The average molecular weight is 541 g/mol. The number of benzene rings is 1. The maximum atomic E-state index is 13.3. The van der Waals surface area contributed by atoms with Gasteiger partial charge < -0.3 is 20.2 Å². The van der Waals surface area contributed by atoms with Crippen molar-refractivity contribution in [1.29, 1.82) is 0 Å². The second-order valence-corrected chi connectivity index (χ2v) is 11.6. The zero-order valence-corrected chi connectivity index (χ0v) is 23.3. The Hall–Kier alpha value is -4.02. The lowest BCUT2D eigenvalue weighted by atomic mass is 9.84. The molecule has 6 rings (SSSR count). The highest BCUT2D eigenvalue weighted by molar-refractivity contribution is 5.77. The van der Waals surface area contributed by atoms with E-state index < -0.39 is 5.60 Å². The summed E-state index contributed by atoms with van der Waals surface area (Å²) in [6.07, 6.45) is 4.52. The van der Waals surface area contributed by atoms with Gasteiger partial charge in [-0.1, -0.05) is 12.1 Å². The van der Waals surface area contributed by atoms with Crippen LogP contribution in [-0.2, 0) is 12.1 Å². The smallest absolute Gasteiger partial charge is 0.278 e. The number of rotatable bonds is 7. The number of piperidine rings is 2. The largest absolute Gasteiger partial charge is 0.384 e. The van der Waals surface area contributed by atoms with E-state index in [2.05, 4.69) is 50.8 Å². The van der Waals surface area contributed by atoms with Crippen molar-refractivity contribution < 1.29 is 5.11 Å². The molecule has 10 nitrogen and oxygen atoms in total. The minimum absolute atomic E-state index is 0.237. The van der Waals surface area contributed by atoms with Crippen LogP contribution in [-0.4, -0.2) is 67.5 Å². The third kappa shape index (κ3) is 5.00. The number of allylic oxidation sites excluding steroid dienone is 1. The molecule has 2 unspecified atom stereocenters. The van der Waals surface area contributed by atoms with E-state index in [4.69, 9.17) is 4.98 Å². The van der Waals surface area contributed by atoms with E-state index in [1.165, 1.54) is 29.9 Å². The van der Waals surface area contributed by atoms with Crippen molar-refractivity contribution in [1.82, 2.24) is 29.2 Å². The summed E-state index contributed by atoms with van der Waals surface area (Å²) < 4.78 is 3.18. The SMILES string of the molecule is C=CCn1c(=O)c2cnc(Nc3ccc(N4CC5CC(CN(C)C5)C4)cc3)nc2n1-c1cccc(C(C)(C)O)n1. The van der Waals surface area contributed by atoms with Gasteiger partial charge >= 0.3 is 0 Å². The van der Waals surface area contributed by atoms with Crippen LogP contribution in [0.4, 0.5) is 17.3 Å². The number of anilines is 3. The molecule has 2 atom stereocenters. The Balaban J connectivity index is 1.30. The number of fused-ring (bicyclic) bond motifs is 3. The summed E-state index contributed by atoms with van der Waals surface area (Å²) in [5.41, 5.74) is 1.63. The van der Waals surface area contributed by atoms with Crippen LogP contribution in [0.1, 0.15) is 26.0 Å². The highest BCUT2D eigenvalue weighted by Crippen LogP contribution is 2.32. The highest BCUT2D eigenvalue weighted by Gasteiger charge is 2.32. The predicted octanol–water partition coefficient (Wildman–Crippen LogP) is 3.52. The van der Waals surface area contributed by atoms with Crippen LogP contribution in [0, 0.1) is 11.8 Å². The number of nitrogens with zero attached hydrogens (tertiary/aromatic N) is 7. The van der Waals surface area contributed by atoms with E-state index in [1.54, 1.807) is 49.0 Å². The summed E-state index contributed by atoms with van der Waals surface area (Å²) in [5, 5.41) is 14.2. The Labute approximate surface area is 233 Å². The summed E-state index contributed by atoms with van der Waals surface area (Å²) in [4.78, 5) is 32.0. The van der Waals surface area contributed by atoms with Gasteiger partial charge in [0.05, 0.1) is 12.2 Å². The molecule has 4 aromatic rings. The van der Waals surface area contributed by atoms with Gasteiger partial charge in [0, 0.05) is 43.8 Å². The number of nitrogens with one attached hydrogen (secondary N) is 1. The zero-order chi connectivity index (χ0) is 28.0. The number of likely N-dealkylation sites (tertiary alicyclic amines) is 1. The lowest BCUT2D eigenvalue weighted by molar-refractivity contribution is 0.0738. The molecule has 1 aromatic carbocycles. The summed E-state index contributed by atoms with van der Waals surface area (Å²) in [6.45, 7) is 11.9. The summed E-state index contributed by atoms with van der Waals surface area (Å²) in [5.74, 6) is 2.29. The maximum absolute atomic E-state index is 13.3. The van der Waals surface area contributed by atoms with Gasteiger partial charge in [-0.05, 0) is 75.5 Å². The Bertz CT molecular complexity index is 1580. The molecular weight excluding hydrogens is 504 g/mol. The van der Waals surface area contributed by atoms with Crippen LogP contribution in [0.5, 0.6) is 0 Å². The van der Waals surface area contributed by atoms with Crippen LogP contribution in [0.25, 0.3) is 16.9 Å². The molecule has 208 valence electrons. The highest BCUT2D eigenvalue weighted by atomic mass is 16.3. The lowest BCUT2D eigenvalue weighted by Gasteiger charge is -2.45. The molecule has 0 spiro atoms. The van der Waals surface area contributed by atoms with Gasteiger partial charge in [0.2, 0.25) is 5.95 Å². The van der Waals surface area contributed by atoms with Crippen molar-refractivity contribution in [3.63, 3.8) is 0 Å². The fourth-order valence-corrected chi connectivity index (χ4v) is 6.13. The molecule has 5 heterocycles. The molecule has 0 aliphatic carbocycles. The van der Waals surface area contributed by atoms with Gasteiger partial charge in [-0.15, -0.1) is 6.58 Å². The van der Waals surface area contributed by atoms with Gasteiger partial charge in [0.15, 0.2) is 11.5 Å². The summed E-state index contributed by atoms with van der Waals surface area (Å²) in [6, 6.07) is 13.7. The zero-order valence-electron chi connectivity index (χ0n) is 23.3. The molecule has 2 N–H and O–H groups in total. The topological polar surface area (TPSA) is 104 Å². The molecule has 2 saturated heterocycles. The van der Waals surface area contributed by atoms with Crippen molar-refractivity contribution in [2.75, 3.05) is 43.4 Å². The quantitative estimate of drug-likeness (QED) is 0.343. The Kier molecular flexibility index (Phi) is 6.67. The minimum Gasteiger partial charge on any atom is -0.384 e. The maximum Gasteiger partial charge on any atom is 0.278 e. The van der Waals surface area contributed by atoms with Gasteiger partial charge in [0.1, 0.15) is 11.0 Å².